The van der Waals surface area contributed by atoms with Gasteiger partial charge >= 0.3 is 0 Å². The zero-order chi connectivity index (χ0) is 18.1. The fourth-order valence-electron chi connectivity index (χ4n) is 2.81. The van der Waals surface area contributed by atoms with Crippen LogP contribution < -0.4 is 4.72 Å². The van der Waals surface area contributed by atoms with E-state index in [0.29, 0.717) is 6.54 Å². The molecule has 1 aromatic heterocycles. The molecule has 0 radical (unpaired) electrons. The third-order valence-corrected chi connectivity index (χ3v) is 7.79. The van der Waals surface area contributed by atoms with Gasteiger partial charge in [0.05, 0.1) is 0 Å². The summed E-state index contributed by atoms with van der Waals surface area (Å²) < 4.78 is 26.9. The summed E-state index contributed by atoms with van der Waals surface area (Å²) >= 11 is 1.72. The van der Waals surface area contributed by atoms with E-state index in [0.717, 1.165) is 17.5 Å². The summed E-state index contributed by atoms with van der Waals surface area (Å²) in [5.41, 5.74) is 1.91. The van der Waals surface area contributed by atoms with Crippen LogP contribution in [0.25, 0.3) is 21.2 Å². The normalized spacial score (nSPS) is 12.6. The molecular weight excluding hydrogens is 350 g/mol. The molecule has 3 rings (SSSR count). The molecule has 3 aromatic rings. The van der Waals surface area contributed by atoms with Crippen molar-refractivity contribution >= 4 is 32.1 Å². The van der Waals surface area contributed by atoms with Crippen LogP contribution in [-0.2, 0) is 14.8 Å². The van der Waals surface area contributed by atoms with Crippen molar-refractivity contribution in [3.05, 3.63) is 59.5 Å². The Balaban J connectivity index is 1.94. The van der Waals surface area contributed by atoms with Crippen LogP contribution in [0.1, 0.15) is 32.8 Å². The number of benzene rings is 2. The zero-order valence-electron chi connectivity index (χ0n) is 14.7. The topological polar surface area (TPSA) is 46.2 Å². The van der Waals surface area contributed by atoms with Crippen molar-refractivity contribution < 1.29 is 8.42 Å². The first kappa shape index (κ1) is 18.1. The second kappa shape index (κ2) is 6.90. The molecule has 3 nitrogen and oxygen atoms in total. The molecule has 1 heterocycles. The first-order chi connectivity index (χ1) is 11.9. The smallest absolute Gasteiger partial charge is 0.214 e. The van der Waals surface area contributed by atoms with Gasteiger partial charge in [0, 0.05) is 16.8 Å². The highest BCUT2D eigenvalue weighted by atomic mass is 32.2. The van der Waals surface area contributed by atoms with Crippen LogP contribution in [0.3, 0.4) is 0 Å². The van der Waals surface area contributed by atoms with E-state index in [9.17, 15) is 8.42 Å². The number of hydrogen-bond donors (Lipinski definition) is 1. The molecule has 0 saturated carbocycles. The van der Waals surface area contributed by atoms with Gasteiger partial charge in [-0.2, -0.15) is 0 Å². The number of nitrogens with one attached hydrogen (secondary N) is 1. The average molecular weight is 374 g/mol. The summed E-state index contributed by atoms with van der Waals surface area (Å²) in [6, 6.07) is 16.2. The Morgan fingerprint density at radius 1 is 1.04 bits per heavy atom. The third-order valence-electron chi connectivity index (χ3n) is 4.57. The molecular formula is C20H23NO2S2. The van der Waals surface area contributed by atoms with Gasteiger partial charge in [-0.3, -0.25) is 0 Å². The van der Waals surface area contributed by atoms with Crippen molar-refractivity contribution in [2.75, 3.05) is 6.54 Å². The zero-order valence-corrected chi connectivity index (χ0v) is 16.4. The van der Waals surface area contributed by atoms with Crippen LogP contribution >= 0.6 is 11.3 Å². The van der Waals surface area contributed by atoms with Crippen LogP contribution in [0.2, 0.25) is 0 Å². The lowest BCUT2D eigenvalue weighted by molar-refractivity contribution is 0.539. The molecule has 0 atom stereocenters. The van der Waals surface area contributed by atoms with Crippen molar-refractivity contribution in [1.82, 2.24) is 4.72 Å². The highest BCUT2D eigenvalue weighted by Gasteiger charge is 2.35. The van der Waals surface area contributed by atoms with Gasteiger partial charge in [-0.1, -0.05) is 55.5 Å². The van der Waals surface area contributed by atoms with Crippen molar-refractivity contribution in [3.8, 4) is 10.4 Å². The van der Waals surface area contributed by atoms with Gasteiger partial charge < -0.3 is 0 Å². The molecule has 0 aliphatic carbocycles. The van der Waals surface area contributed by atoms with E-state index in [1.165, 1.54) is 15.6 Å². The maximum absolute atomic E-state index is 12.6. The van der Waals surface area contributed by atoms with Crippen LogP contribution in [0.15, 0.2) is 53.9 Å². The van der Waals surface area contributed by atoms with Crippen LogP contribution in [0, 0.1) is 0 Å². The summed E-state index contributed by atoms with van der Waals surface area (Å²) in [6.07, 6.45) is 0.777. The highest BCUT2D eigenvalue weighted by molar-refractivity contribution is 7.90. The number of fused-ring (bicyclic) bond motifs is 1. The molecule has 0 spiro atoms. The Morgan fingerprint density at radius 2 is 1.72 bits per heavy atom. The summed E-state index contributed by atoms with van der Waals surface area (Å²) in [7, 11) is -3.42. The van der Waals surface area contributed by atoms with Gasteiger partial charge in [-0.25, -0.2) is 13.1 Å². The molecule has 1 N–H and O–H groups in total. The van der Waals surface area contributed by atoms with Crippen LogP contribution in [0.5, 0.6) is 0 Å². The lowest BCUT2D eigenvalue weighted by atomic mass is 9.99. The predicted octanol–water partition coefficient (Wildman–Crippen LogP) is 5.13. The average Bonchev–Trinajstić information content (AvgIpc) is 3.04. The van der Waals surface area contributed by atoms with Gasteiger partial charge in [0.2, 0.25) is 10.0 Å². The van der Waals surface area contributed by atoms with Gasteiger partial charge in [-0.15, -0.1) is 11.3 Å². The second-order valence-corrected chi connectivity index (χ2v) is 9.83. The van der Waals surface area contributed by atoms with Gasteiger partial charge in [-0.05, 0) is 42.2 Å². The molecule has 132 valence electrons. The molecule has 5 heteroatoms. The quantitative estimate of drug-likeness (QED) is 0.651. The van der Waals surface area contributed by atoms with E-state index in [4.69, 9.17) is 0 Å². The summed E-state index contributed by atoms with van der Waals surface area (Å²) in [5.74, 6) is 0. The van der Waals surface area contributed by atoms with Gasteiger partial charge in [0.1, 0.15) is 4.75 Å². The predicted molar refractivity (Wildman–Crippen MR) is 108 cm³/mol. The molecule has 0 unspecified atom stereocenters. The van der Waals surface area contributed by atoms with E-state index < -0.39 is 14.8 Å². The van der Waals surface area contributed by atoms with Gasteiger partial charge in [0.15, 0.2) is 0 Å². The van der Waals surface area contributed by atoms with E-state index >= 15 is 0 Å². The third kappa shape index (κ3) is 3.36. The maximum atomic E-state index is 12.6. The number of hydrogen-bond acceptors (Lipinski definition) is 3. The monoisotopic (exact) mass is 373 g/mol. The number of thiophene rings is 1. The molecule has 0 amide bonds. The Morgan fingerprint density at radius 3 is 2.40 bits per heavy atom. The molecule has 0 saturated heterocycles. The summed E-state index contributed by atoms with van der Waals surface area (Å²) in [5, 5.41) is 4.62. The fraction of sp³-hybridized carbons (Fsp3) is 0.300. The molecule has 0 fully saturated rings. The summed E-state index contributed by atoms with van der Waals surface area (Å²) in [6.45, 7) is 5.92. The number of sulfonamides is 1. The first-order valence-electron chi connectivity index (χ1n) is 8.43. The Labute approximate surface area is 153 Å². The van der Waals surface area contributed by atoms with E-state index in [-0.39, 0.29) is 0 Å². The minimum absolute atomic E-state index is 0.463. The largest absolute Gasteiger partial charge is 0.221 e. The SMILES string of the molecule is CCCNS(=O)(=O)C(C)(C)c1ccc(-c2scc3ccccc23)cc1. The highest BCUT2D eigenvalue weighted by Crippen LogP contribution is 2.36. The molecule has 2 aromatic carbocycles. The first-order valence-corrected chi connectivity index (χ1v) is 10.8. The van der Waals surface area contributed by atoms with Crippen molar-refractivity contribution in [1.29, 1.82) is 0 Å². The molecule has 0 bridgehead atoms. The van der Waals surface area contributed by atoms with Crippen LogP contribution in [0.4, 0.5) is 0 Å². The van der Waals surface area contributed by atoms with Crippen molar-refractivity contribution in [2.45, 2.75) is 31.9 Å². The fourth-order valence-corrected chi connectivity index (χ4v) is 5.13. The van der Waals surface area contributed by atoms with E-state index in [1.54, 1.807) is 25.2 Å². The van der Waals surface area contributed by atoms with Crippen molar-refractivity contribution in [3.63, 3.8) is 0 Å². The van der Waals surface area contributed by atoms with E-state index in [1.807, 2.05) is 43.3 Å². The lowest BCUT2D eigenvalue weighted by Crippen LogP contribution is -2.39. The second-order valence-electron chi connectivity index (χ2n) is 6.64. The maximum Gasteiger partial charge on any atom is 0.221 e. The standard InChI is InChI=1S/C20H23NO2S2/c1-4-13-21-25(22,23)20(2,3)17-11-9-15(10-12-17)19-18-8-6-5-7-16(18)14-24-19/h5-12,14,21H,4,13H2,1-3H3. The van der Waals surface area contributed by atoms with E-state index in [2.05, 4.69) is 22.2 Å². The lowest BCUT2D eigenvalue weighted by Gasteiger charge is -2.25. The van der Waals surface area contributed by atoms with Crippen LogP contribution in [-0.4, -0.2) is 15.0 Å². The molecule has 0 aliphatic heterocycles. The van der Waals surface area contributed by atoms with Crippen molar-refractivity contribution in [2.24, 2.45) is 0 Å². The number of rotatable bonds is 6. The Hall–Kier alpha value is -1.69. The Bertz CT molecular complexity index is 970. The Kier molecular flexibility index (Phi) is 5.00. The molecule has 25 heavy (non-hydrogen) atoms. The molecule has 0 aliphatic rings. The summed E-state index contributed by atoms with van der Waals surface area (Å²) in [4.78, 5) is 1.21. The minimum atomic E-state index is -3.42. The van der Waals surface area contributed by atoms with Gasteiger partial charge in [0.25, 0.3) is 0 Å². The minimum Gasteiger partial charge on any atom is -0.214 e.